The van der Waals surface area contributed by atoms with E-state index in [4.69, 9.17) is 4.74 Å². The molecule has 2 heteroatoms. The van der Waals surface area contributed by atoms with Crippen molar-refractivity contribution in [1.29, 1.82) is 0 Å². The van der Waals surface area contributed by atoms with Gasteiger partial charge in [0.25, 0.3) is 0 Å². The highest BCUT2D eigenvalue weighted by atomic mass is 16.5. The molecule has 0 radical (unpaired) electrons. The molecular formula is C21H38O2. The largest absolute Gasteiger partial charge is 0.393 e. The van der Waals surface area contributed by atoms with Crippen LogP contribution in [0.2, 0.25) is 0 Å². The van der Waals surface area contributed by atoms with Gasteiger partial charge in [-0.2, -0.15) is 0 Å². The van der Waals surface area contributed by atoms with Crippen molar-refractivity contribution in [3.63, 3.8) is 0 Å². The van der Waals surface area contributed by atoms with E-state index in [0.717, 1.165) is 37.2 Å². The number of aliphatic hydroxyl groups is 1. The third-order valence-corrected chi connectivity index (χ3v) is 6.31. The summed E-state index contributed by atoms with van der Waals surface area (Å²) in [6, 6.07) is 0. The molecule has 1 saturated carbocycles. The Kier molecular flexibility index (Phi) is 8.12. The maximum absolute atomic E-state index is 9.65. The van der Waals surface area contributed by atoms with Crippen molar-refractivity contribution in [2.24, 2.45) is 23.7 Å². The minimum absolute atomic E-state index is 0.0335. The van der Waals surface area contributed by atoms with Crippen LogP contribution in [0.1, 0.15) is 78.1 Å². The van der Waals surface area contributed by atoms with Crippen LogP contribution in [-0.2, 0) is 4.74 Å². The van der Waals surface area contributed by atoms with Gasteiger partial charge in [-0.1, -0.05) is 26.3 Å². The number of rotatable bonds is 8. The molecule has 4 unspecified atom stereocenters. The molecule has 4 atom stereocenters. The Morgan fingerprint density at radius 1 is 1.00 bits per heavy atom. The van der Waals surface area contributed by atoms with Crippen LogP contribution in [0.25, 0.3) is 0 Å². The molecular weight excluding hydrogens is 284 g/mol. The minimum atomic E-state index is -0.0335. The van der Waals surface area contributed by atoms with Gasteiger partial charge in [0.2, 0.25) is 0 Å². The molecule has 0 aromatic carbocycles. The molecule has 2 rings (SSSR count). The van der Waals surface area contributed by atoms with Crippen LogP contribution in [0.4, 0.5) is 0 Å². The smallest absolute Gasteiger partial charge is 0.0575 e. The van der Waals surface area contributed by atoms with Gasteiger partial charge >= 0.3 is 0 Å². The summed E-state index contributed by atoms with van der Waals surface area (Å²) in [5, 5.41) is 9.65. The highest BCUT2D eigenvalue weighted by Gasteiger charge is 2.30. The molecule has 1 aliphatic heterocycles. The second kappa shape index (κ2) is 9.84. The third kappa shape index (κ3) is 6.58. The molecule has 1 N–H and O–H groups in total. The van der Waals surface area contributed by atoms with E-state index in [9.17, 15) is 5.11 Å². The summed E-state index contributed by atoms with van der Waals surface area (Å²) in [7, 11) is 0. The van der Waals surface area contributed by atoms with Gasteiger partial charge in [-0.25, -0.2) is 0 Å². The number of ether oxygens (including phenoxy) is 1. The lowest BCUT2D eigenvalue weighted by atomic mass is 9.76. The van der Waals surface area contributed by atoms with E-state index < -0.39 is 0 Å². The van der Waals surface area contributed by atoms with Crippen LogP contribution >= 0.6 is 0 Å². The standard InChI is InChI=1S/C21H38O2/c1-4-16(2)5-6-17(3)7-13-21-14-10-19(15-23-21)18-8-11-20(22)12-9-18/h4,16-22H,1,5-15H2,2-3H3. The molecule has 1 saturated heterocycles. The monoisotopic (exact) mass is 322 g/mol. The normalized spacial score (nSPS) is 34.7. The molecule has 0 amide bonds. The first-order chi connectivity index (χ1) is 11.1. The van der Waals surface area contributed by atoms with E-state index in [1.165, 1.54) is 51.4 Å². The van der Waals surface area contributed by atoms with Gasteiger partial charge in [-0.05, 0) is 81.5 Å². The van der Waals surface area contributed by atoms with Gasteiger partial charge in [-0.15, -0.1) is 6.58 Å². The van der Waals surface area contributed by atoms with E-state index in [1.54, 1.807) is 0 Å². The van der Waals surface area contributed by atoms with Gasteiger partial charge in [0.15, 0.2) is 0 Å². The van der Waals surface area contributed by atoms with Crippen molar-refractivity contribution in [2.75, 3.05) is 6.61 Å². The number of hydrogen-bond donors (Lipinski definition) is 1. The molecule has 2 fully saturated rings. The average molecular weight is 323 g/mol. The van der Waals surface area contributed by atoms with Crippen LogP contribution in [0.15, 0.2) is 12.7 Å². The van der Waals surface area contributed by atoms with Crippen molar-refractivity contribution in [1.82, 2.24) is 0 Å². The van der Waals surface area contributed by atoms with Crippen LogP contribution in [0, 0.1) is 23.7 Å². The Bertz CT molecular complexity index is 325. The first-order valence-electron chi connectivity index (χ1n) is 10.0. The Morgan fingerprint density at radius 3 is 2.30 bits per heavy atom. The van der Waals surface area contributed by atoms with Crippen LogP contribution in [-0.4, -0.2) is 23.9 Å². The molecule has 1 heterocycles. The Labute approximate surface area is 143 Å². The van der Waals surface area contributed by atoms with Gasteiger partial charge < -0.3 is 9.84 Å². The molecule has 23 heavy (non-hydrogen) atoms. The van der Waals surface area contributed by atoms with Gasteiger partial charge in [0.1, 0.15) is 0 Å². The summed E-state index contributed by atoms with van der Waals surface area (Å²) in [6.07, 6.45) is 14.7. The quantitative estimate of drug-likeness (QED) is 0.610. The summed E-state index contributed by atoms with van der Waals surface area (Å²) >= 11 is 0. The summed E-state index contributed by atoms with van der Waals surface area (Å²) in [4.78, 5) is 0. The van der Waals surface area contributed by atoms with E-state index in [0.29, 0.717) is 12.0 Å². The van der Waals surface area contributed by atoms with Crippen LogP contribution < -0.4 is 0 Å². The van der Waals surface area contributed by atoms with Gasteiger partial charge in [-0.3, -0.25) is 0 Å². The lowest BCUT2D eigenvalue weighted by Gasteiger charge is -2.37. The predicted octanol–water partition coefficient (Wildman–Crippen LogP) is 5.35. The maximum atomic E-state index is 9.65. The molecule has 1 aliphatic carbocycles. The third-order valence-electron chi connectivity index (χ3n) is 6.31. The van der Waals surface area contributed by atoms with E-state index in [2.05, 4.69) is 26.5 Å². The number of hydrogen-bond acceptors (Lipinski definition) is 2. The van der Waals surface area contributed by atoms with Crippen molar-refractivity contribution in [3.8, 4) is 0 Å². The maximum Gasteiger partial charge on any atom is 0.0575 e. The van der Waals surface area contributed by atoms with Gasteiger partial charge in [0.05, 0.1) is 18.8 Å². The fraction of sp³-hybridized carbons (Fsp3) is 0.905. The molecule has 0 bridgehead atoms. The highest BCUT2D eigenvalue weighted by molar-refractivity contribution is 4.81. The molecule has 0 spiro atoms. The molecule has 134 valence electrons. The fourth-order valence-electron chi connectivity index (χ4n) is 4.28. The Balaban J connectivity index is 1.58. The molecule has 0 aromatic rings. The Morgan fingerprint density at radius 2 is 1.70 bits per heavy atom. The zero-order valence-corrected chi connectivity index (χ0v) is 15.4. The summed E-state index contributed by atoms with van der Waals surface area (Å²) in [5.41, 5.74) is 0. The lowest BCUT2D eigenvalue weighted by Crippen LogP contribution is -2.33. The van der Waals surface area contributed by atoms with Crippen LogP contribution in [0.3, 0.4) is 0 Å². The zero-order chi connectivity index (χ0) is 16.7. The number of allylic oxidation sites excluding steroid dienone is 1. The first kappa shape index (κ1) is 19.0. The summed E-state index contributed by atoms with van der Waals surface area (Å²) in [6.45, 7) is 9.48. The Hall–Kier alpha value is -0.340. The van der Waals surface area contributed by atoms with Crippen molar-refractivity contribution in [2.45, 2.75) is 90.3 Å². The van der Waals surface area contributed by atoms with Crippen LogP contribution in [0.5, 0.6) is 0 Å². The number of aliphatic hydroxyl groups excluding tert-OH is 1. The highest BCUT2D eigenvalue weighted by Crippen LogP contribution is 2.36. The second-order valence-electron chi connectivity index (χ2n) is 8.33. The van der Waals surface area contributed by atoms with Crippen molar-refractivity contribution in [3.05, 3.63) is 12.7 Å². The topological polar surface area (TPSA) is 29.5 Å². The molecule has 2 aliphatic rings. The SMILES string of the molecule is C=CC(C)CCC(C)CCC1CCC(C2CCC(O)CC2)CO1. The minimum Gasteiger partial charge on any atom is -0.393 e. The van der Waals surface area contributed by atoms with E-state index >= 15 is 0 Å². The summed E-state index contributed by atoms with van der Waals surface area (Å²) in [5.74, 6) is 3.01. The predicted molar refractivity (Wildman–Crippen MR) is 97.4 cm³/mol. The summed E-state index contributed by atoms with van der Waals surface area (Å²) < 4.78 is 6.19. The first-order valence-corrected chi connectivity index (χ1v) is 10.0. The van der Waals surface area contributed by atoms with Crippen molar-refractivity contribution >= 4 is 0 Å². The van der Waals surface area contributed by atoms with E-state index in [1.807, 2.05) is 0 Å². The molecule has 2 nitrogen and oxygen atoms in total. The second-order valence-corrected chi connectivity index (χ2v) is 8.33. The molecule has 0 aromatic heterocycles. The van der Waals surface area contributed by atoms with Gasteiger partial charge in [0, 0.05) is 0 Å². The zero-order valence-electron chi connectivity index (χ0n) is 15.4. The van der Waals surface area contributed by atoms with Crippen molar-refractivity contribution < 1.29 is 9.84 Å². The fourth-order valence-corrected chi connectivity index (χ4v) is 4.28. The average Bonchev–Trinajstić information content (AvgIpc) is 2.59. The van der Waals surface area contributed by atoms with E-state index in [-0.39, 0.29) is 6.10 Å². The lowest BCUT2D eigenvalue weighted by molar-refractivity contribution is -0.0473.